The SMILES string of the molecule is Cc1cc([N+](C)(C)[O-])cc(C)c1N=Nc1ccncc1. The maximum absolute atomic E-state index is 12.0. The van der Waals surface area contributed by atoms with Crippen LogP contribution in [0.1, 0.15) is 11.1 Å². The molecule has 0 bridgehead atoms. The topological polar surface area (TPSA) is 60.7 Å². The molecule has 0 aliphatic carbocycles. The van der Waals surface area contributed by atoms with E-state index in [1.54, 1.807) is 38.6 Å². The molecule has 2 aromatic rings. The number of aromatic nitrogens is 1. The molecule has 0 N–H and O–H groups in total. The summed E-state index contributed by atoms with van der Waals surface area (Å²) in [7, 11) is 3.21. The standard InChI is InChI=1S/C15H18N4O/c1-11-9-14(19(3,4)20)10-12(2)15(11)18-17-13-5-7-16-8-6-13/h5-10H,1-4H3. The third-order valence-corrected chi connectivity index (χ3v) is 3.03. The highest BCUT2D eigenvalue weighted by atomic mass is 16.5. The van der Waals surface area contributed by atoms with Gasteiger partial charge in [-0.2, -0.15) is 10.2 Å². The lowest BCUT2D eigenvalue weighted by molar-refractivity contribution is 0.542. The minimum Gasteiger partial charge on any atom is -0.628 e. The van der Waals surface area contributed by atoms with Crippen LogP contribution in [0, 0.1) is 19.1 Å². The van der Waals surface area contributed by atoms with Gasteiger partial charge in [-0.15, -0.1) is 0 Å². The van der Waals surface area contributed by atoms with Crippen molar-refractivity contribution in [1.82, 2.24) is 9.63 Å². The van der Waals surface area contributed by atoms with E-state index in [9.17, 15) is 5.21 Å². The van der Waals surface area contributed by atoms with Crippen molar-refractivity contribution in [3.05, 3.63) is 53.0 Å². The molecule has 1 aromatic carbocycles. The zero-order valence-corrected chi connectivity index (χ0v) is 12.2. The van der Waals surface area contributed by atoms with Crippen LogP contribution >= 0.6 is 0 Å². The van der Waals surface area contributed by atoms with Crippen LogP contribution in [-0.2, 0) is 0 Å². The Morgan fingerprint density at radius 2 is 1.55 bits per heavy atom. The molecular weight excluding hydrogens is 252 g/mol. The number of benzene rings is 1. The van der Waals surface area contributed by atoms with Crippen LogP contribution in [0.25, 0.3) is 0 Å². The molecule has 0 spiro atoms. The summed E-state index contributed by atoms with van der Waals surface area (Å²) in [6.45, 7) is 3.88. The van der Waals surface area contributed by atoms with Crippen molar-refractivity contribution in [2.75, 3.05) is 14.1 Å². The molecule has 0 amide bonds. The summed E-state index contributed by atoms with van der Waals surface area (Å²) in [5.74, 6) is 0. The smallest absolute Gasteiger partial charge is 0.133 e. The van der Waals surface area contributed by atoms with Gasteiger partial charge in [0.15, 0.2) is 0 Å². The first-order valence-electron chi connectivity index (χ1n) is 6.36. The lowest BCUT2D eigenvalue weighted by Gasteiger charge is -2.33. The average molecular weight is 270 g/mol. The normalized spacial score (nSPS) is 12.1. The molecular formula is C15H18N4O. The highest BCUT2D eigenvalue weighted by molar-refractivity contribution is 5.60. The van der Waals surface area contributed by atoms with Gasteiger partial charge in [0.05, 0.1) is 25.5 Å². The van der Waals surface area contributed by atoms with E-state index in [0.29, 0.717) is 5.69 Å². The fourth-order valence-electron chi connectivity index (χ4n) is 1.92. The van der Waals surface area contributed by atoms with Gasteiger partial charge in [-0.1, -0.05) is 0 Å². The van der Waals surface area contributed by atoms with E-state index in [1.807, 2.05) is 26.0 Å². The monoisotopic (exact) mass is 270 g/mol. The minimum absolute atomic E-state index is 0.455. The second-order valence-corrected chi connectivity index (χ2v) is 5.18. The third-order valence-electron chi connectivity index (χ3n) is 3.03. The van der Waals surface area contributed by atoms with Crippen LogP contribution in [0.4, 0.5) is 17.1 Å². The molecule has 0 aliphatic rings. The van der Waals surface area contributed by atoms with Crippen LogP contribution in [0.5, 0.6) is 0 Å². The summed E-state index contributed by atoms with van der Waals surface area (Å²) in [5, 5.41) is 20.5. The lowest BCUT2D eigenvalue weighted by Crippen LogP contribution is -2.32. The quantitative estimate of drug-likeness (QED) is 0.477. The van der Waals surface area contributed by atoms with Gasteiger partial charge >= 0.3 is 0 Å². The number of nitrogens with zero attached hydrogens (tertiary/aromatic N) is 4. The summed E-state index contributed by atoms with van der Waals surface area (Å²) in [5.41, 5.74) is 4.16. The minimum atomic E-state index is -0.455. The molecule has 0 saturated carbocycles. The average Bonchev–Trinajstić information content (AvgIpc) is 2.37. The largest absolute Gasteiger partial charge is 0.628 e. The fraction of sp³-hybridized carbons (Fsp3) is 0.267. The Hall–Kier alpha value is -2.11. The zero-order chi connectivity index (χ0) is 14.8. The van der Waals surface area contributed by atoms with Crippen LogP contribution in [0.15, 0.2) is 46.9 Å². The molecule has 0 unspecified atom stereocenters. The molecule has 20 heavy (non-hydrogen) atoms. The number of hydroxylamine groups is 2. The number of pyridine rings is 1. The molecule has 0 fully saturated rings. The van der Waals surface area contributed by atoms with Crippen molar-refractivity contribution < 1.29 is 0 Å². The van der Waals surface area contributed by atoms with Gasteiger partial charge < -0.3 is 9.85 Å². The predicted molar refractivity (Wildman–Crippen MR) is 81.3 cm³/mol. The summed E-state index contributed by atoms with van der Waals surface area (Å²) >= 11 is 0. The van der Waals surface area contributed by atoms with Gasteiger partial charge in [-0.3, -0.25) is 4.98 Å². The molecule has 2 rings (SSSR count). The van der Waals surface area contributed by atoms with Crippen LogP contribution in [-0.4, -0.2) is 19.1 Å². The molecule has 5 nitrogen and oxygen atoms in total. The highest BCUT2D eigenvalue weighted by Crippen LogP contribution is 2.31. The van der Waals surface area contributed by atoms with E-state index in [-0.39, 0.29) is 0 Å². The maximum atomic E-state index is 12.0. The second kappa shape index (κ2) is 5.48. The van der Waals surface area contributed by atoms with E-state index in [1.165, 1.54) is 0 Å². The first-order chi connectivity index (χ1) is 9.38. The fourth-order valence-corrected chi connectivity index (χ4v) is 1.92. The number of hydrogen-bond acceptors (Lipinski definition) is 4. The molecule has 0 saturated heterocycles. The number of rotatable bonds is 3. The predicted octanol–water partition coefficient (Wildman–Crippen LogP) is 4.18. The van der Waals surface area contributed by atoms with E-state index < -0.39 is 4.65 Å². The molecule has 0 atom stereocenters. The van der Waals surface area contributed by atoms with Crippen molar-refractivity contribution in [1.29, 1.82) is 0 Å². The Kier molecular flexibility index (Phi) is 3.92. The van der Waals surface area contributed by atoms with E-state index in [4.69, 9.17) is 0 Å². The summed E-state index contributed by atoms with van der Waals surface area (Å²) in [6, 6.07) is 7.31. The first kappa shape index (κ1) is 14.3. The number of hydrogen-bond donors (Lipinski definition) is 0. The Morgan fingerprint density at radius 1 is 1.00 bits per heavy atom. The Morgan fingerprint density at radius 3 is 2.05 bits per heavy atom. The third kappa shape index (κ3) is 3.26. The zero-order valence-electron chi connectivity index (χ0n) is 12.2. The summed E-state index contributed by atoms with van der Waals surface area (Å²) in [6.07, 6.45) is 3.35. The lowest BCUT2D eigenvalue weighted by atomic mass is 10.1. The number of aryl methyl sites for hydroxylation is 2. The highest BCUT2D eigenvalue weighted by Gasteiger charge is 2.12. The maximum Gasteiger partial charge on any atom is 0.133 e. The van der Waals surface area contributed by atoms with Crippen LogP contribution in [0.3, 0.4) is 0 Å². The van der Waals surface area contributed by atoms with Gasteiger partial charge in [0.25, 0.3) is 0 Å². The van der Waals surface area contributed by atoms with Crippen molar-refractivity contribution in [2.45, 2.75) is 13.8 Å². The molecule has 1 heterocycles. The molecule has 104 valence electrons. The first-order valence-corrected chi connectivity index (χ1v) is 6.36. The molecule has 0 radical (unpaired) electrons. The Bertz CT molecular complexity index is 607. The van der Waals surface area contributed by atoms with Gasteiger partial charge in [-0.05, 0) is 37.1 Å². The van der Waals surface area contributed by atoms with E-state index in [2.05, 4.69) is 15.2 Å². The molecule has 1 aromatic heterocycles. The Labute approximate surface area is 118 Å². The van der Waals surface area contributed by atoms with Crippen LogP contribution in [0.2, 0.25) is 0 Å². The van der Waals surface area contributed by atoms with Crippen molar-refractivity contribution >= 4 is 17.1 Å². The van der Waals surface area contributed by atoms with Gasteiger partial charge in [0.1, 0.15) is 5.69 Å². The second-order valence-electron chi connectivity index (χ2n) is 5.18. The van der Waals surface area contributed by atoms with Crippen molar-refractivity contribution in [2.24, 2.45) is 10.2 Å². The Balaban J connectivity index is 2.37. The van der Waals surface area contributed by atoms with Crippen LogP contribution < -0.4 is 4.65 Å². The van der Waals surface area contributed by atoms with Crippen molar-refractivity contribution in [3.8, 4) is 0 Å². The van der Waals surface area contributed by atoms with E-state index >= 15 is 0 Å². The summed E-state index contributed by atoms with van der Waals surface area (Å²) in [4.78, 5) is 3.94. The van der Waals surface area contributed by atoms with Gasteiger partial charge in [0, 0.05) is 24.5 Å². The molecule has 0 aliphatic heterocycles. The molecule has 5 heteroatoms. The number of azo groups is 1. The van der Waals surface area contributed by atoms with Gasteiger partial charge in [0.2, 0.25) is 0 Å². The van der Waals surface area contributed by atoms with E-state index in [0.717, 1.165) is 22.5 Å². The van der Waals surface area contributed by atoms with Gasteiger partial charge in [-0.25, -0.2) is 0 Å². The number of quaternary nitrogens is 1. The summed E-state index contributed by atoms with van der Waals surface area (Å²) < 4.78 is -0.455. The van der Waals surface area contributed by atoms with Crippen molar-refractivity contribution in [3.63, 3.8) is 0 Å².